The summed E-state index contributed by atoms with van der Waals surface area (Å²) >= 11 is 0. The van der Waals surface area contributed by atoms with Crippen LogP contribution in [-0.4, -0.2) is 37.0 Å². The number of aryl methyl sites for hydroxylation is 2. The van der Waals surface area contributed by atoms with Gasteiger partial charge in [-0.05, 0) is 57.8 Å². The van der Waals surface area contributed by atoms with Crippen molar-refractivity contribution in [3.63, 3.8) is 0 Å². The molecule has 0 saturated heterocycles. The molecule has 2 heterocycles. The molecule has 0 aromatic carbocycles. The van der Waals surface area contributed by atoms with Crippen molar-refractivity contribution in [1.82, 2.24) is 19.1 Å². The fourth-order valence-corrected chi connectivity index (χ4v) is 4.04. The number of imidazole rings is 2. The number of fused-ring (bicyclic) bond motifs is 2. The van der Waals surface area contributed by atoms with E-state index in [1.54, 1.807) is 21.8 Å². The Balaban J connectivity index is 1.40. The first kappa shape index (κ1) is 17.1. The number of aromatic nitrogens is 4. The third kappa shape index (κ3) is 3.11. The summed E-state index contributed by atoms with van der Waals surface area (Å²) in [5, 5.41) is 0. The summed E-state index contributed by atoms with van der Waals surface area (Å²) in [6.45, 7) is 0. The van der Waals surface area contributed by atoms with Crippen molar-refractivity contribution < 1.29 is 9.59 Å². The lowest BCUT2D eigenvalue weighted by atomic mass is 10.0. The average Bonchev–Trinajstić information content (AvgIpc) is 3.29. The van der Waals surface area contributed by atoms with Gasteiger partial charge in [0.2, 0.25) is 11.8 Å². The zero-order valence-electron chi connectivity index (χ0n) is 15.0. The molecule has 1 atom stereocenters. The predicted molar refractivity (Wildman–Crippen MR) is 96.2 cm³/mol. The van der Waals surface area contributed by atoms with E-state index in [0.29, 0.717) is 6.42 Å². The first-order valence-electron chi connectivity index (χ1n) is 9.58. The Morgan fingerprint density at radius 3 is 2.12 bits per heavy atom. The van der Waals surface area contributed by atoms with Gasteiger partial charge in [0.05, 0.1) is 17.4 Å². The molecule has 2 aliphatic rings. The van der Waals surface area contributed by atoms with Crippen molar-refractivity contribution >= 4 is 11.8 Å². The standard InChI is InChI=1S/C19H25N5O2/c20-13(19(26)24-12-22-15-6-2-4-8-17(15)24)9-10-18(25)23-11-21-14-5-1-3-7-16(14)23/h11-13H,1-10,20H2. The van der Waals surface area contributed by atoms with E-state index in [4.69, 9.17) is 5.73 Å². The van der Waals surface area contributed by atoms with E-state index >= 15 is 0 Å². The number of carbonyl (C=O) groups excluding carboxylic acids is 2. The minimum absolute atomic E-state index is 0.0310. The Labute approximate surface area is 152 Å². The lowest BCUT2D eigenvalue weighted by Crippen LogP contribution is -2.36. The van der Waals surface area contributed by atoms with Crippen LogP contribution >= 0.6 is 0 Å². The van der Waals surface area contributed by atoms with Crippen LogP contribution in [0.1, 0.15) is 70.9 Å². The second kappa shape index (κ2) is 7.15. The second-order valence-electron chi connectivity index (χ2n) is 7.31. The lowest BCUT2D eigenvalue weighted by Gasteiger charge is -2.16. The van der Waals surface area contributed by atoms with E-state index in [2.05, 4.69) is 9.97 Å². The number of hydrogen-bond acceptors (Lipinski definition) is 5. The Hall–Kier alpha value is -2.28. The molecule has 1 unspecified atom stereocenters. The molecule has 2 aromatic rings. The molecule has 0 amide bonds. The first-order chi connectivity index (χ1) is 12.6. The van der Waals surface area contributed by atoms with Crippen LogP contribution in [0.4, 0.5) is 0 Å². The molecule has 2 N–H and O–H groups in total. The van der Waals surface area contributed by atoms with Crippen LogP contribution in [0, 0.1) is 0 Å². The molecular weight excluding hydrogens is 330 g/mol. The largest absolute Gasteiger partial charge is 0.320 e. The van der Waals surface area contributed by atoms with Crippen molar-refractivity contribution in [1.29, 1.82) is 0 Å². The Morgan fingerprint density at radius 2 is 1.46 bits per heavy atom. The summed E-state index contributed by atoms with van der Waals surface area (Å²) in [4.78, 5) is 33.9. The summed E-state index contributed by atoms with van der Waals surface area (Å²) in [6, 6.07) is -0.696. The van der Waals surface area contributed by atoms with E-state index in [1.165, 1.54) is 0 Å². The maximum absolute atomic E-state index is 12.7. The molecule has 0 spiro atoms. The van der Waals surface area contributed by atoms with Gasteiger partial charge in [-0.3, -0.25) is 18.7 Å². The number of nitrogens with two attached hydrogens (primary N) is 1. The van der Waals surface area contributed by atoms with Crippen LogP contribution < -0.4 is 5.73 Å². The van der Waals surface area contributed by atoms with Gasteiger partial charge in [0.1, 0.15) is 12.7 Å². The first-order valence-corrected chi connectivity index (χ1v) is 9.58. The van der Waals surface area contributed by atoms with E-state index < -0.39 is 6.04 Å². The van der Waals surface area contributed by atoms with Crippen LogP contribution in [0.5, 0.6) is 0 Å². The molecule has 0 fully saturated rings. The summed E-state index contributed by atoms with van der Waals surface area (Å²) in [5.41, 5.74) is 10.2. The van der Waals surface area contributed by atoms with Crippen molar-refractivity contribution in [3.8, 4) is 0 Å². The van der Waals surface area contributed by atoms with Gasteiger partial charge >= 0.3 is 0 Å². The van der Waals surface area contributed by atoms with Crippen LogP contribution in [0.25, 0.3) is 0 Å². The second-order valence-corrected chi connectivity index (χ2v) is 7.31. The van der Waals surface area contributed by atoms with Crippen LogP contribution in [0.2, 0.25) is 0 Å². The summed E-state index contributed by atoms with van der Waals surface area (Å²) in [7, 11) is 0. The van der Waals surface area contributed by atoms with Gasteiger partial charge < -0.3 is 5.73 Å². The minimum atomic E-state index is -0.696. The highest BCUT2D eigenvalue weighted by Gasteiger charge is 2.24. The molecule has 0 radical (unpaired) electrons. The molecule has 0 aliphatic heterocycles. The highest BCUT2D eigenvalue weighted by Crippen LogP contribution is 2.22. The van der Waals surface area contributed by atoms with Crippen LogP contribution in [0.3, 0.4) is 0 Å². The Morgan fingerprint density at radius 1 is 0.923 bits per heavy atom. The van der Waals surface area contributed by atoms with Crippen LogP contribution in [0.15, 0.2) is 12.7 Å². The molecule has 0 saturated carbocycles. The predicted octanol–water partition coefficient (Wildman–Crippen LogP) is 1.93. The number of nitrogens with zero attached hydrogens (tertiary/aromatic N) is 4. The topological polar surface area (TPSA) is 95.8 Å². The normalized spacial score (nSPS) is 17.4. The molecule has 7 nitrogen and oxygen atoms in total. The van der Waals surface area contributed by atoms with E-state index in [9.17, 15) is 9.59 Å². The van der Waals surface area contributed by atoms with E-state index in [-0.39, 0.29) is 18.2 Å². The minimum Gasteiger partial charge on any atom is -0.320 e. The maximum Gasteiger partial charge on any atom is 0.248 e. The van der Waals surface area contributed by atoms with Crippen molar-refractivity contribution in [3.05, 3.63) is 35.4 Å². The molecule has 2 aromatic heterocycles. The highest BCUT2D eigenvalue weighted by atomic mass is 16.2. The molecule has 4 rings (SSSR count). The van der Waals surface area contributed by atoms with Gasteiger partial charge in [-0.1, -0.05) is 0 Å². The number of rotatable bonds is 4. The summed E-state index contributed by atoms with van der Waals surface area (Å²) in [6.07, 6.45) is 11.8. The van der Waals surface area contributed by atoms with Gasteiger partial charge in [0.25, 0.3) is 0 Å². The van der Waals surface area contributed by atoms with Crippen molar-refractivity contribution in [2.75, 3.05) is 0 Å². The third-order valence-corrected chi connectivity index (χ3v) is 5.55. The Kier molecular flexibility index (Phi) is 4.72. The average molecular weight is 355 g/mol. The lowest BCUT2D eigenvalue weighted by molar-refractivity contribution is 0.0849. The zero-order valence-corrected chi connectivity index (χ0v) is 15.0. The molecule has 0 bridgehead atoms. The highest BCUT2D eigenvalue weighted by molar-refractivity contribution is 5.86. The molecule has 26 heavy (non-hydrogen) atoms. The van der Waals surface area contributed by atoms with Gasteiger partial charge in [-0.25, -0.2) is 9.97 Å². The third-order valence-electron chi connectivity index (χ3n) is 5.55. The van der Waals surface area contributed by atoms with E-state index in [0.717, 1.165) is 74.1 Å². The van der Waals surface area contributed by atoms with E-state index in [1.807, 2.05) is 0 Å². The Bertz CT molecular complexity index is 835. The van der Waals surface area contributed by atoms with Gasteiger partial charge in [-0.2, -0.15) is 0 Å². The molecule has 2 aliphatic carbocycles. The number of hydrogen-bond donors (Lipinski definition) is 1. The van der Waals surface area contributed by atoms with Crippen LogP contribution in [-0.2, 0) is 25.7 Å². The van der Waals surface area contributed by atoms with Crippen molar-refractivity contribution in [2.45, 2.75) is 70.3 Å². The number of carbonyl (C=O) groups is 2. The molecular formula is C19H25N5O2. The maximum atomic E-state index is 12.7. The van der Waals surface area contributed by atoms with Gasteiger partial charge in [-0.15, -0.1) is 0 Å². The molecule has 138 valence electrons. The van der Waals surface area contributed by atoms with Crippen molar-refractivity contribution in [2.24, 2.45) is 5.73 Å². The summed E-state index contributed by atoms with van der Waals surface area (Å²) < 4.78 is 3.26. The van der Waals surface area contributed by atoms with Gasteiger partial charge in [0.15, 0.2) is 0 Å². The van der Waals surface area contributed by atoms with Gasteiger partial charge in [0, 0.05) is 17.8 Å². The quantitative estimate of drug-likeness (QED) is 0.904. The fraction of sp³-hybridized carbons (Fsp3) is 0.579. The smallest absolute Gasteiger partial charge is 0.248 e. The molecule has 7 heteroatoms. The fourth-order valence-electron chi connectivity index (χ4n) is 4.04. The summed E-state index contributed by atoms with van der Waals surface area (Å²) in [5.74, 6) is -0.197. The zero-order chi connectivity index (χ0) is 18.1. The monoisotopic (exact) mass is 355 g/mol. The SMILES string of the molecule is NC(CCC(=O)n1cnc2c1CCCC2)C(=O)n1cnc2c1CCCC2.